The van der Waals surface area contributed by atoms with Gasteiger partial charge in [0, 0.05) is 37.8 Å². The molecule has 0 atom stereocenters. The van der Waals surface area contributed by atoms with Crippen molar-refractivity contribution >= 4 is 108 Å². The van der Waals surface area contributed by atoms with Crippen molar-refractivity contribution in [2.45, 2.75) is 7.43 Å². The first-order valence-corrected chi connectivity index (χ1v) is 11.7. The zero-order chi connectivity index (χ0) is 23.5. The van der Waals surface area contributed by atoms with Crippen LogP contribution in [0.4, 0.5) is 11.4 Å². The van der Waals surface area contributed by atoms with Crippen LogP contribution in [-0.4, -0.2) is 7.64 Å². The average molecular weight is 598 g/mol. The van der Waals surface area contributed by atoms with Crippen LogP contribution in [0, 0.1) is 0 Å². The number of nitrogen functional groups attached to an aromatic ring is 2. The predicted octanol–water partition coefficient (Wildman–Crippen LogP) is 8.68. The van der Waals surface area contributed by atoms with Crippen molar-refractivity contribution in [3.8, 4) is 0 Å². The van der Waals surface area contributed by atoms with Gasteiger partial charge in [0.05, 0.1) is 10.2 Å². The van der Waals surface area contributed by atoms with E-state index in [4.69, 9.17) is 20.3 Å². The van der Waals surface area contributed by atoms with Gasteiger partial charge in [-0.25, -0.2) is 0 Å². The van der Waals surface area contributed by atoms with Gasteiger partial charge in [-0.1, -0.05) is 43.8 Å². The standard InChI is InChI=1S/C12H7Br2NO.C12H9NO.CH4.BHNS/c13-8-5-7-6-3-1-2-4-9(6)16-12(7)10(14)11(8)15;13-8-5-6-10-9-3-1-2-4-11(9)14-12(10)7-8;;1-2-3/h1-5H,15H2;1-7H,13H2;1H4;3H. The van der Waals surface area contributed by atoms with Gasteiger partial charge >= 0.3 is 24.8 Å². The molecule has 0 amide bonds. The number of benzene rings is 4. The second kappa shape index (κ2) is 11.1. The molecule has 0 fully saturated rings. The fourth-order valence-electron chi connectivity index (χ4n) is 3.55. The number of halogens is 2. The summed E-state index contributed by atoms with van der Waals surface area (Å²) < 4.78 is 15.8. The molecule has 0 spiro atoms. The third-order valence-corrected chi connectivity index (χ3v) is 6.44. The Hall–Kier alpha value is -2.75. The van der Waals surface area contributed by atoms with Crippen LogP contribution in [0.15, 0.2) is 94.9 Å². The molecular weight excluding hydrogens is 577 g/mol. The molecule has 6 aromatic rings. The summed E-state index contributed by atoms with van der Waals surface area (Å²) in [6, 6.07) is 23.7. The van der Waals surface area contributed by atoms with E-state index in [0.717, 1.165) is 58.5 Å². The number of fused-ring (bicyclic) bond motifs is 6. The molecule has 5 nitrogen and oxygen atoms in total. The fraction of sp³-hybridized carbons (Fsp3) is 0.0400. The van der Waals surface area contributed by atoms with E-state index in [1.54, 1.807) is 0 Å². The van der Waals surface area contributed by atoms with Crippen LogP contribution >= 0.6 is 44.7 Å². The van der Waals surface area contributed by atoms with Crippen molar-refractivity contribution < 1.29 is 8.83 Å². The van der Waals surface area contributed by atoms with Crippen molar-refractivity contribution in [3.05, 3.63) is 81.7 Å². The van der Waals surface area contributed by atoms with Gasteiger partial charge in [0.15, 0.2) is 5.58 Å². The molecule has 0 saturated heterocycles. The summed E-state index contributed by atoms with van der Waals surface area (Å²) in [5.74, 6) is 0. The fourth-order valence-corrected chi connectivity index (χ4v) is 4.75. The van der Waals surface area contributed by atoms with Crippen molar-refractivity contribution in [2.24, 2.45) is 4.30 Å². The maximum absolute atomic E-state index is 5.92. The second-order valence-corrected chi connectivity index (χ2v) is 8.91. The van der Waals surface area contributed by atoms with Crippen LogP contribution < -0.4 is 11.5 Å². The molecule has 2 heterocycles. The summed E-state index contributed by atoms with van der Waals surface area (Å²) in [5.41, 5.74) is 16.4. The number of para-hydroxylation sites is 2. The van der Waals surface area contributed by atoms with Crippen molar-refractivity contribution in [2.75, 3.05) is 11.5 Å². The molecule has 1 radical (unpaired) electrons. The van der Waals surface area contributed by atoms with E-state index >= 15 is 0 Å². The van der Waals surface area contributed by atoms with Gasteiger partial charge in [-0.05, 0) is 62.2 Å². The predicted molar refractivity (Wildman–Crippen MR) is 156 cm³/mol. The Bertz CT molecular complexity index is 1610. The molecule has 6 rings (SSSR count). The van der Waals surface area contributed by atoms with Gasteiger partial charge < -0.3 is 20.3 Å². The number of thiol groups is 1. The van der Waals surface area contributed by atoms with E-state index in [1.165, 1.54) is 0 Å². The molecule has 4 aromatic carbocycles. The van der Waals surface area contributed by atoms with Crippen LogP contribution in [0.3, 0.4) is 0 Å². The third-order valence-electron chi connectivity index (χ3n) is 5.00. The van der Waals surface area contributed by atoms with Gasteiger partial charge in [-0.2, -0.15) is 0 Å². The molecule has 4 N–H and O–H groups in total. The molecular formula is C25H21BBr2N3O2S. The number of nitrogens with two attached hydrogens (primary N) is 2. The monoisotopic (exact) mass is 596 g/mol. The van der Waals surface area contributed by atoms with Gasteiger partial charge in [-0.3, -0.25) is 0 Å². The van der Waals surface area contributed by atoms with Crippen LogP contribution in [0.1, 0.15) is 7.43 Å². The Morgan fingerprint density at radius 1 is 0.735 bits per heavy atom. The summed E-state index contributed by atoms with van der Waals surface area (Å²) in [5, 5.41) is 4.42. The van der Waals surface area contributed by atoms with E-state index in [-0.39, 0.29) is 7.43 Å². The first-order chi connectivity index (χ1) is 15.9. The number of rotatable bonds is 0. The number of hydrogen-bond acceptors (Lipinski definition) is 6. The third kappa shape index (κ3) is 5.01. The average Bonchev–Trinajstić information content (AvgIpc) is 3.36. The van der Waals surface area contributed by atoms with Gasteiger partial charge in [0.1, 0.15) is 16.7 Å². The summed E-state index contributed by atoms with van der Waals surface area (Å²) in [6.45, 7) is 0. The van der Waals surface area contributed by atoms with Crippen molar-refractivity contribution in [1.82, 2.24) is 0 Å². The van der Waals surface area contributed by atoms with Crippen molar-refractivity contribution in [1.29, 1.82) is 0 Å². The maximum atomic E-state index is 5.92. The van der Waals surface area contributed by atoms with E-state index < -0.39 is 0 Å². The molecule has 0 aliphatic rings. The number of nitrogens with zero attached hydrogens (tertiary/aromatic N) is 1. The molecule has 9 heteroatoms. The van der Waals surface area contributed by atoms with Crippen LogP contribution in [0.2, 0.25) is 0 Å². The quantitative estimate of drug-likeness (QED) is 0.0928. The summed E-state index contributed by atoms with van der Waals surface area (Å²) in [4.78, 5) is 0. The van der Waals surface area contributed by atoms with Gasteiger partial charge in [0.2, 0.25) is 0 Å². The number of anilines is 2. The SMILES string of the molecule is C.Nc1c(Br)cc2c(oc3ccccc32)c1Br.Nc1ccc2c(c1)oc1ccccc12.[B]=NS. The van der Waals surface area contributed by atoms with E-state index in [2.05, 4.69) is 62.7 Å². The Morgan fingerprint density at radius 3 is 1.91 bits per heavy atom. The normalized spacial score (nSPS) is 10.3. The minimum atomic E-state index is 0. The van der Waals surface area contributed by atoms with E-state index in [1.807, 2.05) is 66.7 Å². The molecule has 171 valence electrons. The zero-order valence-electron chi connectivity index (χ0n) is 17.1. The zero-order valence-corrected chi connectivity index (χ0v) is 21.2. The molecule has 2 aromatic heterocycles. The molecule has 0 aliphatic carbocycles. The van der Waals surface area contributed by atoms with Crippen LogP contribution in [0.5, 0.6) is 0 Å². The Morgan fingerprint density at radius 2 is 1.26 bits per heavy atom. The second-order valence-electron chi connectivity index (χ2n) is 7.03. The van der Waals surface area contributed by atoms with Gasteiger partial charge in [0.25, 0.3) is 0 Å². The topological polar surface area (TPSA) is 90.7 Å². The van der Waals surface area contributed by atoms with E-state index in [0.29, 0.717) is 5.69 Å². The molecule has 0 unspecified atom stereocenters. The molecule has 0 aliphatic heterocycles. The number of hydrogen-bond donors (Lipinski definition) is 3. The Kier molecular flexibility index (Phi) is 8.46. The molecule has 34 heavy (non-hydrogen) atoms. The van der Waals surface area contributed by atoms with Gasteiger partial charge in [-0.15, -0.1) is 0 Å². The summed E-state index contributed by atoms with van der Waals surface area (Å²) in [6.07, 6.45) is 0. The summed E-state index contributed by atoms with van der Waals surface area (Å²) in [7, 11) is 4.34. The Labute approximate surface area is 220 Å². The van der Waals surface area contributed by atoms with Crippen molar-refractivity contribution in [3.63, 3.8) is 0 Å². The number of furan rings is 2. The van der Waals surface area contributed by atoms with Crippen LogP contribution in [0.25, 0.3) is 43.9 Å². The minimum absolute atomic E-state index is 0. The van der Waals surface area contributed by atoms with E-state index in [9.17, 15) is 0 Å². The first kappa shape index (κ1) is 25.9. The molecule has 0 saturated carbocycles. The van der Waals surface area contributed by atoms with Crippen LogP contribution in [-0.2, 0) is 0 Å². The first-order valence-electron chi connectivity index (χ1n) is 9.70. The Balaban J connectivity index is 0.000000168. The molecule has 0 bridgehead atoms. The summed E-state index contributed by atoms with van der Waals surface area (Å²) >= 11 is 10.1.